The van der Waals surface area contributed by atoms with Crippen molar-refractivity contribution >= 4 is 0 Å². The third-order valence-corrected chi connectivity index (χ3v) is 5.19. The molecule has 3 nitrogen and oxygen atoms in total. The smallest absolute Gasteiger partial charge is 0.161 e. The second kappa shape index (κ2) is 5.38. The SMILES string of the molecule is CCCC12CC(OC)=CC=C1C(C)Cc1ccc(O)c(O)c12. The first-order valence-corrected chi connectivity index (χ1v) is 8.03. The van der Waals surface area contributed by atoms with E-state index in [9.17, 15) is 10.2 Å². The molecule has 2 unspecified atom stereocenters. The van der Waals surface area contributed by atoms with E-state index in [2.05, 4.69) is 19.9 Å². The number of methoxy groups -OCH3 is 1. The van der Waals surface area contributed by atoms with Crippen LogP contribution in [0.1, 0.15) is 44.2 Å². The van der Waals surface area contributed by atoms with Crippen molar-refractivity contribution in [3.63, 3.8) is 0 Å². The molecular weight excluding hydrogens is 276 g/mol. The molecule has 0 amide bonds. The number of benzene rings is 1. The van der Waals surface area contributed by atoms with Crippen LogP contribution in [0.4, 0.5) is 0 Å². The lowest BCUT2D eigenvalue weighted by atomic mass is 9.58. The van der Waals surface area contributed by atoms with Gasteiger partial charge in [-0.1, -0.05) is 38.0 Å². The molecule has 0 spiro atoms. The Kier molecular flexibility index (Phi) is 3.67. The molecule has 0 aliphatic heterocycles. The van der Waals surface area contributed by atoms with Gasteiger partial charge in [-0.2, -0.15) is 0 Å². The van der Waals surface area contributed by atoms with Crippen LogP contribution in [0, 0.1) is 5.92 Å². The molecule has 0 bridgehead atoms. The zero-order valence-electron chi connectivity index (χ0n) is 13.5. The summed E-state index contributed by atoms with van der Waals surface area (Å²) in [6.45, 7) is 4.41. The third-order valence-electron chi connectivity index (χ3n) is 5.19. The lowest BCUT2D eigenvalue weighted by molar-refractivity contribution is 0.234. The Balaban J connectivity index is 2.28. The predicted molar refractivity (Wildman–Crippen MR) is 87.0 cm³/mol. The molecule has 118 valence electrons. The van der Waals surface area contributed by atoms with Crippen molar-refractivity contribution in [3.05, 3.63) is 46.7 Å². The lowest BCUT2D eigenvalue weighted by Crippen LogP contribution is -2.39. The minimum atomic E-state index is -0.259. The molecule has 0 saturated heterocycles. The second-order valence-electron chi connectivity index (χ2n) is 6.54. The Bertz CT molecular complexity index is 657. The minimum absolute atomic E-state index is 0.0309. The van der Waals surface area contributed by atoms with Crippen LogP contribution in [-0.4, -0.2) is 17.3 Å². The molecule has 1 aromatic rings. The summed E-state index contributed by atoms with van der Waals surface area (Å²) in [4.78, 5) is 0. The maximum Gasteiger partial charge on any atom is 0.161 e. The molecule has 0 heterocycles. The van der Waals surface area contributed by atoms with E-state index in [0.717, 1.165) is 42.6 Å². The van der Waals surface area contributed by atoms with Gasteiger partial charge in [0.2, 0.25) is 0 Å². The average Bonchev–Trinajstić information content (AvgIpc) is 2.50. The largest absolute Gasteiger partial charge is 0.504 e. The Labute approximate surface area is 131 Å². The lowest BCUT2D eigenvalue weighted by Gasteiger charge is -2.46. The highest BCUT2D eigenvalue weighted by Crippen LogP contribution is 2.56. The van der Waals surface area contributed by atoms with Crippen LogP contribution in [0.15, 0.2) is 35.6 Å². The van der Waals surface area contributed by atoms with E-state index in [1.54, 1.807) is 13.2 Å². The molecule has 0 radical (unpaired) electrons. The maximum atomic E-state index is 10.6. The van der Waals surface area contributed by atoms with Gasteiger partial charge in [0.25, 0.3) is 0 Å². The van der Waals surface area contributed by atoms with Gasteiger partial charge in [0.15, 0.2) is 11.5 Å². The third kappa shape index (κ3) is 2.03. The number of hydrogen-bond donors (Lipinski definition) is 2. The summed E-state index contributed by atoms with van der Waals surface area (Å²) in [6.07, 6.45) is 7.80. The van der Waals surface area contributed by atoms with Crippen LogP contribution in [0.25, 0.3) is 0 Å². The number of rotatable bonds is 3. The number of ether oxygens (including phenoxy) is 1. The van der Waals surface area contributed by atoms with E-state index in [4.69, 9.17) is 4.74 Å². The summed E-state index contributed by atoms with van der Waals surface area (Å²) >= 11 is 0. The van der Waals surface area contributed by atoms with Crippen molar-refractivity contribution in [1.82, 2.24) is 0 Å². The Morgan fingerprint density at radius 3 is 2.73 bits per heavy atom. The Morgan fingerprint density at radius 1 is 1.27 bits per heavy atom. The average molecular weight is 300 g/mol. The van der Waals surface area contributed by atoms with E-state index in [1.165, 1.54) is 5.57 Å². The first-order chi connectivity index (χ1) is 10.5. The first kappa shape index (κ1) is 15.0. The summed E-state index contributed by atoms with van der Waals surface area (Å²) < 4.78 is 5.50. The molecule has 2 aliphatic rings. The first-order valence-electron chi connectivity index (χ1n) is 8.03. The van der Waals surface area contributed by atoms with Gasteiger partial charge in [-0.3, -0.25) is 0 Å². The van der Waals surface area contributed by atoms with Crippen molar-refractivity contribution in [3.8, 4) is 11.5 Å². The van der Waals surface area contributed by atoms with Crippen LogP contribution in [0.2, 0.25) is 0 Å². The number of fused-ring (bicyclic) bond motifs is 3. The quantitative estimate of drug-likeness (QED) is 0.823. The number of hydrogen-bond acceptors (Lipinski definition) is 3. The highest BCUT2D eigenvalue weighted by molar-refractivity contribution is 5.60. The standard InChI is InChI=1S/C19H24O3/c1-4-9-19-11-14(22-3)6-7-15(19)12(2)10-13-5-8-16(20)18(21)17(13)19/h5-8,12,20-21H,4,9-11H2,1-3H3. The summed E-state index contributed by atoms with van der Waals surface area (Å²) in [7, 11) is 1.69. The number of allylic oxidation sites excluding steroid dienone is 4. The van der Waals surface area contributed by atoms with Gasteiger partial charge in [0.05, 0.1) is 12.9 Å². The Hall–Kier alpha value is -1.90. The monoisotopic (exact) mass is 300 g/mol. The fourth-order valence-corrected chi connectivity index (χ4v) is 4.36. The molecule has 2 N–H and O–H groups in total. The molecule has 1 aromatic carbocycles. The van der Waals surface area contributed by atoms with Crippen LogP contribution in [-0.2, 0) is 16.6 Å². The molecule has 3 rings (SSSR count). The minimum Gasteiger partial charge on any atom is -0.504 e. The highest BCUT2D eigenvalue weighted by Gasteiger charge is 2.46. The summed E-state index contributed by atoms with van der Waals surface area (Å²) in [6, 6.07) is 3.56. The van der Waals surface area contributed by atoms with Crippen LogP contribution < -0.4 is 0 Å². The van der Waals surface area contributed by atoms with Crippen molar-refractivity contribution in [2.75, 3.05) is 7.11 Å². The fourth-order valence-electron chi connectivity index (χ4n) is 4.36. The van der Waals surface area contributed by atoms with E-state index >= 15 is 0 Å². The summed E-state index contributed by atoms with van der Waals surface area (Å²) in [5.74, 6) is 1.37. The van der Waals surface area contributed by atoms with E-state index in [1.807, 2.05) is 12.1 Å². The van der Waals surface area contributed by atoms with Crippen molar-refractivity contribution in [2.45, 2.75) is 44.9 Å². The highest BCUT2D eigenvalue weighted by atomic mass is 16.5. The molecule has 0 fully saturated rings. The number of aromatic hydroxyl groups is 2. The van der Waals surface area contributed by atoms with E-state index < -0.39 is 0 Å². The van der Waals surface area contributed by atoms with Gasteiger partial charge < -0.3 is 14.9 Å². The van der Waals surface area contributed by atoms with Crippen molar-refractivity contribution in [1.29, 1.82) is 0 Å². The molecule has 2 atom stereocenters. The number of phenols is 2. The van der Waals surface area contributed by atoms with E-state index in [-0.39, 0.29) is 16.9 Å². The molecule has 0 saturated carbocycles. The van der Waals surface area contributed by atoms with Gasteiger partial charge in [0.1, 0.15) is 0 Å². The molecular formula is C19H24O3. The van der Waals surface area contributed by atoms with Crippen LogP contribution >= 0.6 is 0 Å². The summed E-state index contributed by atoms with van der Waals surface area (Å²) in [5.41, 5.74) is 3.14. The van der Waals surface area contributed by atoms with Gasteiger partial charge in [-0.15, -0.1) is 0 Å². The van der Waals surface area contributed by atoms with Gasteiger partial charge in [-0.05, 0) is 36.5 Å². The van der Waals surface area contributed by atoms with Crippen LogP contribution in [0.5, 0.6) is 11.5 Å². The molecule has 0 aromatic heterocycles. The normalized spacial score (nSPS) is 26.6. The zero-order chi connectivity index (χ0) is 15.9. The predicted octanol–water partition coefficient (Wildman–Crippen LogP) is 4.19. The second-order valence-corrected chi connectivity index (χ2v) is 6.54. The molecule has 2 aliphatic carbocycles. The number of phenolic OH excluding ortho intramolecular Hbond substituents is 2. The zero-order valence-corrected chi connectivity index (χ0v) is 13.5. The summed E-state index contributed by atoms with van der Waals surface area (Å²) in [5, 5.41) is 20.6. The van der Waals surface area contributed by atoms with Crippen LogP contribution in [0.3, 0.4) is 0 Å². The van der Waals surface area contributed by atoms with Crippen molar-refractivity contribution in [2.24, 2.45) is 5.92 Å². The fraction of sp³-hybridized carbons (Fsp3) is 0.474. The topological polar surface area (TPSA) is 49.7 Å². The van der Waals surface area contributed by atoms with Gasteiger partial charge >= 0.3 is 0 Å². The maximum absolute atomic E-state index is 10.6. The molecule has 3 heteroatoms. The van der Waals surface area contributed by atoms with Gasteiger partial charge in [-0.25, -0.2) is 0 Å². The van der Waals surface area contributed by atoms with Crippen molar-refractivity contribution < 1.29 is 14.9 Å². The van der Waals surface area contributed by atoms with Gasteiger partial charge in [0, 0.05) is 17.4 Å². The Morgan fingerprint density at radius 2 is 2.05 bits per heavy atom. The van der Waals surface area contributed by atoms with E-state index in [0.29, 0.717) is 5.92 Å². The molecule has 22 heavy (non-hydrogen) atoms.